The van der Waals surface area contributed by atoms with Crippen LogP contribution in [-0.2, 0) is 11.2 Å². The van der Waals surface area contributed by atoms with Gasteiger partial charge in [-0.25, -0.2) is 0 Å². The summed E-state index contributed by atoms with van der Waals surface area (Å²) in [7, 11) is 0. The van der Waals surface area contributed by atoms with Gasteiger partial charge in [-0.05, 0) is 29.8 Å². The van der Waals surface area contributed by atoms with Crippen molar-refractivity contribution in [1.82, 2.24) is 24.7 Å². The van der Waals surface area contributed by atoms with Gasteiger partial charge in [-0.3, -0.25) is 4.79 Å². The monoisotopic (exact) mass is 400 g/mol. The smallest absolute Gasteiger partial charge is 0.227 e. The van der Waals surface area contributed by atoms with E-state index in [9.17, 15) is 4.79 Å². The van der Waals surface area contributed by atoms with Crippen molar-refractivity contribution in [2.45, 2.75) is 6.42 Å². The molecule has 3 heterocycles. The molecule has 1 aliphatic heterocycles. The molecule has 3 aromatic rings. The summed E-state index contributed by atoms with van der Waals surface area (Å²) in [4.78, 5) is 16.6. The number of benzene rings is 1. The van der Waals surface area contributed by atoms with Crippen LogP contribution >= 0.6 is 15.9 Å². The predicted molar refractivity (Wildman–Crippen MR) is 97.4 cm³/mol. The topological polar surface area (TPSA) is 66.6 Å². The van der Waals surface area contributed by atoms with Gasteiger partial charge >= 0.3 is 0 Å². The number of amides is 1. The number of piperazine rings is 1. The Hall–Kier alpha value is -2.48. The average molecular weight is 401 g/mol. The van der Waals surface area contributed by atoms with E-state index >= 15 is 0 Å². The second-order valence-corrected chi connectivity index (χ2v) is 6.91. The molecule has 0 atom stereocenters. The zero-order valence-electron chi connectivity index (χ0n) is 13.5. The molecule has 0 N–H and O–H groups in total. The molecule has 1 saturated heterocycles. The first kappa shape index (κ1) is 16.0. The van der Waals surface area contributed by atoms with Gasteiger partial charge in [0.15, 0.2) is 5.65 Å². The maximum atomic E-state index is 12.5. The van der Waals surface area contributed by atoms with Crippen molar-refractivity contribution in [2.24, 2.45) is 0 Å². The van der Waals surface area contributed by atoms with Gasteiger partial charge in [0, 0.05) is 30.7 Å². The molecule has 8 heteroatoms. The molecule has 0 unspecified atom stereocenters. The standard InChI is InChI=1S/C17H17BrN6O/c18-14-3-1-13(2-4-14)11-17(25)23-9-7-22(8-10-23)16-6-5-15-20-19-12-24(15)21-16/h1-6,12H,7-11H2. The molecule has 0 aliphatic carbocycles. The van der Waals surface area contributed by atoms with Crippen molar-refractivity contribution in [3.05, 3.63) is 52.8 Å². The number of halogens is 1. The molecule has 0 bridgehead atoms. The highest BCUT2D eigenvalue weighted by Gasteiger charge is 2.22. The molecule has 2 aromatic heterocycles. The van der Waals surface area contributed by atoms with Crippen molar-refractivity contribution in [2.75, 3.05) is 31.1 Å². The minimum atomic E-state index is 0.171. The van der Waals surface area contributed by atoms with Crippen molar-refractivity contribution >= 4 is 33.3 Å². The van der Waals surface area contributed by atoms with E-state index in [1.165, 1.54) is 0 Å². The van der Waals surface area contributed by atoms with E-state index in [4.69, 9.17) is 0 Å². The van der Waals surface area contributed by atoms with Crippen LogP contribution in [0.15, 0.2) is 47.2 Å². The van der Waals surface area contributed by atoms with Crippen LogP contribution in [0.3, 0.4) is 0 Å². The summed E-state index contributed by atoms with van der Waals surface area (Å²) in [6, 6.07) is 11.7. The lowest BCUT2D eigenvalue weighted by Gasteiger charge is -2.35. The molecular weight excluding hydrogens is 384 g/mol. The maximum absolute atomic E-state index is 12.5. The maximum Gasteiger partial charge on any atom is 0.227 e. The van der Waals surface area contributed by atoms with E-state index in [2.05, 4.69) is 36.1 Å². The second-order valence-electron chi connectivity index (χ2n) is 6.00. The molecule has 1 amide bonds. The number of hydrogen-bond acceptors (Lipinski definition) is 5. The highest BCUT2D eigenvalue weighted by molar-refractivity contribution is 9.10. The molecule has 1 fully saturated rings. The Balaban J connectivity index is 1.37. The van der Waals surface area contributed by atoms with Crippen LogP contribution in [0.5, 0.6) is 0 Å². The lowest BCUT2D eigenvalue weighted by atomic mass is 10.1. The molecule has 0 spiro atoms. The van der Waals surface area contributed by atoms with E-state index < -0.39 is 0 Å². The van der Waals surface area contributed by atoms with Gasteiger partial charge in [0.25, 0.3) is 0 Å². The van der Waals surface area contributed by atoms with Crippen LogP contribution in [0.25, 0.3) is 5.65 Å². The third-order valence-corrected chi connectivity index (χ3v) is 4.90. The Morgan fingerprint density at radius 3 is 2.56 bits per heavy atom. The van der Waals surface area contributed by atoms with Crippen LogP contribution in [-0.4, -0.2) is 56.8 Å². The van der Waals surface area contributed by atoms with Gasteiger partial charge in [0.05, 0.1) is 6.42 Å². The summed E-state index contributed by atoms with van der Waals surface area (Å²) in [6.45, 7) is 2.95. The van der Waals surface area contributed by atoms with Crippen LogP contribution in [0, 0.1) is 0 Å². The van der Waals surface area contributed by atoms with Crippen molar-refractivity contribution in [1.29, 1.82) is 0 Å². The SMILES string of the molecule is O=C(Cc1ccc(Br)cc1)N1CCN(c2ccc3nncn3n2)CC1. The number of hydrogen-bond donors (Lipinski definition) is 0. The molecule has 25 heavy (non-hydrogen) atoms. The Morgan fingerprint density at radius 1 is 1.04 bits per heavy atom. The summed E-state index contributed by atoms with van der Waals surface area (Å²) >= 11 is 3.41. The van der Waals surface area contributed by atoms with Gasteiger partial charge in [-0.1, -0.05) is 28.1 Å². The molecule has 7 nitrogen and oxygen atoms in total. The first-order valence-corrected chi connectivity index (χ1v) is 8.92. The molecule has 128 valence electrons. The van der Waals surface area contributed by atoms with Crippen LogP contribution in [0.1, 0.15) is 5.56 Å². The largest absolute Gasteiger partial charge is 0.352 e. The number of rotatable bonds is 3. The van der Waals surface area contributed by atoms with Crippen molar-refractivity contribution in [3.8, 4) is 0 Å². The Morgan fingerprint density at radius 2 is 1.80 bits per heavy atom. The summed E-state index contributed by atoms with van der Waals surface area (Å²) in [5.41, 5.74) is 1.77. The molecule has 4 rings (SSSR count). The van der Waals surface area contributed by atoms with Gasteiger partial charge in [-0.2, -0.15) is 4.52 Å². The van der Waals surface area contributed by atoms with Gasteiger partial charge < -0.3 is 9.80 Å². The summed E-state index contributed by atoms with van der Waals surface area (Å²) in [5.74, 6) is 1.05. The number of fused-ring (bicyclic) bond motifs is 1. The fourth-order valence-electron chi connectivity index (χ4n) is 2.96. The van der Waals surface area contributed by atoms with Gasteiger partial charge in [0.2, 0.25) is 5.91 Å². The van der Waals surface area contributed by atoms with Gasteiger partial charge in [-0.15, -0.1) is 15.3 Å². The van der Waals surface area contributed by atoms with E-state index in [1.807, 2.05) is 41.3 Å². The number of carbonyl (C=O) groups excluding carboxylic acids is 1. The highest BCUT2D eigenvalue weighted by atomic mass is 79.9. The fourth-order valence-corrected chi connectivity index (χ4v) is 3.23. The lowest BCUT2D eigenvalue weighted by Crippen LogP contribution is -2.49. The van der Waals surface area contributed by atoms with Crippen molar-refractivity contribution in [3.63, 3.8) is 0 Å². The minimum Gasteiger partial charge on any atom is -0.352 e. The van der Waals surface area contributed by atoms with Crippen LogP contribution in [0.4, 0.5) is 5.82 Å². The molecule has 0 radical (unpaired) electrons. The quantitative estimate of drug-likeness (QED) is 0.670. The summed E-state index contributed by atoms with van der Waals surface area (Å²) in [6.07, 6.45) is 2.04. The van der Waals surface area contributed by atoms with E-state index in [0.717, 1.165) is 34.6 Å². The molecular formula is C17H17BrN6O. The minimum absolute atomic E-state index is 0.171. The zero-order valence-corrected chi connectivity index (χ0v) is 15.1. The average Bonchev–Trinajstić information content (AvgIpc) is 3.11. The molecule has 0 saturated carbocycles. The van der Waals surface area contributed by atoms with Gasteiger partial charge in [0.1, 0.15) is 12.1 Å². The third-order valence-electron chi connectivity index (χ3n) is 4.37. The second kappa shape index (κ2) is 6.79. The highest BCUT2D eigenvalue weighted by Crippen LogP contribution is 2.15. The van der Waals surface area contributed by atoms with Crippen LogP contribution in [0.2, 0.25) is 0 Å². The van der Waals surface area contributed by atoms with E-state index in [1.54, 1.807) is 10.8 Å². The predicted octanol–water partition coefficient (Wildman–Crippen LogP) is 1.78. The lowest BCUT2D eigenvalue weighted by molar-refractivity contribution is -0.130. The number of nitrogens with zero attached hydrogens (tertiary/aromatic N) is 6. The Kier molecular flexibility index (Phi) is 4.35. The number of carbonyl (C=O) groups is 1. The molecule has 1 aliphatic rings. The fraction of sp³-hybridized carbons (Fsp3) is 0.294. The zero-order chi connectivity index (χ0) is 17.2. The first-order chi connectivity index (χ1) is 12.2. The number of anilines is 1. The number of aromatic nitrogens is 4. The van der Waals surface area contributed by atoms with Crippen LogP contribution < -0.4 is 4.90 Å². The van der Waals surface area contributed by atoms with E-state index in [0.29, 0.717) is 19.5 Å². The first-order valence-electron chi connectivity index (χ1n) is 8.13. The normalized spacial score (nSPS) is 14.9. The third kappa shape index (κ3) is 3.48. The summed E-state index contributed by atoms with van der Waals surface area (Å²) < 4.78 is 2.69. The summed E-state index contributed by atoms with van der Waals surface area (Å²) in [5, 5.41) is 12.3. The van der Waals surface area contributed by atoms with E-state index in [-0.39, 0.29) is 5.91 Å². The Labute approximate surface area is 153 Å². The Bertz CT molecular complexity index is 886. The van der Waals surface area contributed by atoms with Crippen molar-refractivity contribution < 1.29 is 4.79 Å². The molecule has 1 aromatic carbocycles.